The zero-order valence-corrected chi connectivity index (χ0v) is 13.6. The van der Waals surface area contributed by atoms with Crippen LogP contribution in [0.25, 0.3) is 0 Å². The summed E-state index contributed by atoms with van der Waals surface area (Å²) < 4.78 is 5.86. The Morgan fingerprint density at radius 2 is 1.78 bits per heavy atom. The van der Waals surface area contributed by atoms with E-state index >= 15 is 0 Å². The van der Waals surface area contributed by atoms with Gasteiger partial charge in [0.05, 0.1) is 6.21 Å². The number of hydrazone groups is 1. The largest absolute Gasteiger partial charge is 0.489 e. The van der Waals surface area contributed by atoms with Crippen molar-refractivity contribution in [3.8, 4) is 5.75 Å². The van der Waals surface area contributed by atoms with E-state index in [-0.39, 0.29) is 0 Å². The highest BCUT2D eigenvalue weighted by Gasteiger charge is 2.10. The topological polar surface area (TPSA) is 28.1 Å². The van der Waals surface area contributed by atoms with Crippen LogP contribution in [0.2, 0.25) is 0 Å². The van der Waals surface area contributed by atoms with Gasteiger partial charge in [0.15, 0.2) is 0 Å². The van der Waals surface area contributed by atoms with Crippen molar-refractivity contribution in [2.45, 2.75) is 6.61 Å². The second kappa shape index (κ2) is 7.79. The highest BCUT2D eigenvalue weighted by molar-refractivity contribution is 5.79. The maximum Gasteiger partial charge on any atom is 0.120 e. The number of nitrogens with zero attached hydrogens (tertiary/aromatic N) is 3. The minimum absolute atomic E-state index is 0.583. The van der Waals surface area contributed by atoms with Gasteiger partial charge in [-0.3, -0.25) is 5.01 Å². The molecule has 0 aliphatic carbocycles. The highest BCUT2D eigenvalue weighted by atomic mass is 16.5. The molecule has 4 nitrogen and oxygen atoms in total. The molecule has 3 rings (SSSR count). The van der Waals surface area contributed by atoms with Crippen LogP contribution in [0.3, 0.4) is 0 Å². The van der Waals surface area contributed by atoms with Gasteiger partial charge in [0.1, 0.15) is 12.4 Å². The predicted molar refractivity (Wildman–Crippen MR) is 93.9 cm³/mol. The molecule has 0 saturated carbocycles. The second-order valence-electron chi connectivity index (χ2n) is 5.85. The van der Waals surface area contributed by atoms with Crippen LogP contribution in [-0.4, -0.2) is 49.4 Å². The molecule has 1 saturated heterocycles. The van der Waals surface area contributed by atoms with Gasteiger partial charge in [-0.1, -0.05) is 42.5 Å². The zero-order valence-electron chi connectivity index (χ0n) is 13.6. The normalized spacial score (nSPS) is 16.0. The van der Waals surface area contributed by atoms with Gasteiger partial charge in [-0.2, -0.15) is 5.10 Å². The summed E-state index contributed by atoms with van der Waals surface area (Å²) >= 11 is 0. The summed E-state index contributed by atoms with van der Waals surface area (Å²) in [6.45, 7) is 4.68. The lowest BCUT2D eigenvalue weighted by Crippen LogP contribution is -2.41. The van der Waals surface area contributed by atoms with Crippen molar-refractivity contribution in [3.63, 3.8) is 0 Å². The summed E-state index contributed by atoms with van der Waals surface area (Å²) in [5.74, 6) is 0.871. The Bertz CT molecular complexity index is 634. The number of piperazine rings is 1. The molecule has 0 unspecified atom stereocenters. The molecular weight excluding hydrogens is 286 g/mol. The molecule has 0 N–H and O–H groups in total. The van der Waals surface area contributed by atoms with Crippen LogP contribution in [0.4, 0.5) is 0 Å². The molecule has 120 valence electrons. The van der Waals surface area contributed by atoms with Gasteiger partial charge >= 0.3 is 0 Å². The first-order valence-corrected chi connectivity index (χ1v) is 8.04. The number of benzene rings is 2. The Morgan fingerprint density at radius 1 is 1.00 bits per heavy atom. The third-order valence-electron chi connectivity index (χ3n) is 3.96. The lowest BCUT2D eigenvalue weighted by atomic mass is 10.2. The molecule has 0 amide bonds. The average Bonchev–Trinajstić information content (AvgIpc) is 2.61. The summed E-state index contributed by atoms with van der Waals surface area (Å²) in [7, 11) is 2.15. The molecular formula is C19H23N3O. The number of hydrogen-bond donors (Lipinski definition) is 0. The lowest BCUT2D eigenvalue weighted by Gasteiger charge is -2.30. The maximum absolute atomic E-state index is 5.86. The molecule has 0 radical (unpaired) electrons. The fourth-order valence-electron chi connectivity index (χ4n) is 2.49. The van der Waals surface area contributed by atoms with E-state index in [2.05, 4.69) is 40.3 Å². The van der Waals surface area contributed by atoms with Gasteiger partial charge in [-0.15, -0.1) is 0 Å². The fraction of sp³-hybridized carbons (Fsp3) is 0.316. The summed E-state index contributed by atoms with van der Waals surface area (Å²) in [5, 5.41) is 6.70. The molecule has 23 heavy (non-hydrogen) atoms. The molecule has 0 bridgehead atoms. The summed E-state index contributed by atoms with van der Waals surface area (Å²) in [4.78, 5) is 2.32. The number of hydrogen-bond acceptors (Lipinski definition) is 4. The van der Waals surface area contributed by atoms with Crippen LogP contribution < -0.4 is 4.74 Å². The van der Waals surface area contributed by atoms with Crippen molar-refractivity contribution in [2.24, 2.45) is 5.10 Å². The van der Waals surface area contributed by atoms with Gasteiger partial charge < -0.3 is 9.64 Å². The van der Waals surface area contributed by atoms with Gasteiger partial charge in [-0.25, -0.2) is 0 Å². The molecule has 2 aromatic rings. The molecule has 4 heteroatoms. The molecule has 1 heterocycles. The van der Waals surface area contributed by atoms with Crippen molar-refractivity contribution in [1.82, 2.24) is 9.91 Å². The first-order chi connectivity index (χ1) is 11.3. The number of ether oxygens (including phenoxy) is 1. The molecule has 0 aromatic heterocycles. The van der Waals surface area contributed by atoms with E-state index in [1.807, 2.05) is 42.6 Å². The predicted octanol–water partition coefficient (Wildman–Crippen LogP) is 2.85. The Kier molecular flexibility index (Phi) is 5.27. The zero-order chi connectivity index (χ0) is 15.9. The Labute approximate surface area is 138 Å². The quantitative estimate of drug-likeness (QED) is 0.795. The van der Waals surface area contributed by atoms with E-state index < -0.39 is 0 Å². The lowest BCUT2D eigenvalue weighted by molar-refractivity contribution is 0.159. The van der Waals surface area contributed by atoms with Crippen molar-refractivity contribution < 1.29 is 4.74 Å². The van der Waals surface area contributed by atoms with Crippen LogP contribution in [0.1, 0.15) is 11.1 Å². The van der Waals surface area contributed by atoms with E-state index in [0.717, 1.165) is 37.5 Å². The van der Waals surface area contributed by atoms with Crippen molar-refractivity contribution in [2.75, 3.05) is 33.2 Å². The van der Waals surface area contributed by atoms with Gasteiger partial charge in [0, 0.05) is 26.2 Å². The van der Waals surface area contributed by atoms with E-state index in [9.17, 15) is 0 Å². The van der Waals surface area contributed by atoms with Gasteiger partial charge in [-0.05, 0) is 30.3 Å². The Hall–Kier alpha value is -2.33. The standard InChI is InChI=1S/C19H23N3O/c1-21-10-12-22(13-11-21)20-15-18-8-5-9-19(14-18)23-16-17-6-3-2-4-7-17/h2-9,14-15H,10-13,16H2,1H3. The van der Waals surface area contributed by atoms with E-state index in [1.54, 1.807) is 0 Å². The first kappa shape index (κ1) is 15.6. The molecule has 0 atom stereocenters. The Balaban J connectivity index is 1.56. The average molecular weight is 309 g/mol. The monoisotopic (exact) mass is 309 g/mol. The number of likely N-dealkylation sites (N-methyl/N-ethyl adjacent to an activating group) is 1. The van der Waals surface area contributed by atoms with Gasteiger partial charge in [0.25, 0.3) is 0 Å². The van der Waals surface area contributed by atoms with Crippen LogP contribution in [0.15, 0.2) is 59.7 Å². The third kappa shape index (κ3) is 4.83. The summed E-state index contributed by atoms with van der Waals surface area (Å²) in [6, 6.07) is 18.3. The van der Waals surface area contributed by atoms with Crippen LogP contribution >= 0.6 is 0 Å². The van der Waals surface area contributed by atoms with Crippen molar-refractivity contribution in [1.29, 1.82) is 0 Å². The van der Waals surface area contributed by atoms with E-state index in [0.29, 0.717) is 6.61 Å². The van der Waals surface area contributed by atoms with Crippen LogP contribution in [0, 0.1) is 0 Å². The fourth-order valence-corrected chi connectivity index (χ4v) is 2.49. The minimum atomic E-state index is 0.583. The minimum Gasteiger partial charge on any atom is -0.489 e. The molecule has 1 fully saturated rings. The van der Waals surface area contributed by atoms with E-state index in [1.165, 1.54) is 5.56 Å². The smallest absolute Gasteiger partial charge is 0.120 e. The Morgan fingerprint density at radius 3 is 2.57 bits per heavy atom. The first-order valence-electron chi connectivity index (χ1n) is 8.04. The van der Waals surface area contributed by atoms with Gasteiger partial charge in [0.2, 0.25) is 0 Å². The second-order valence-corrected chi connectivity index (χ2v) is 5.85. The van der Waals surface area contributed by atoms with Crippen LogP contribution in [0.5, 0.6) is 5.75 Å². The summed E-state index contributed by atoms with van der Waals surface area (Å²) in [6.07, 6.45) is 1.92. The molecule has 2 aromatic carbocycles. The molecule has 0 spiro atoms. The third-order valence-corrected chi connectivity index (χ3v) is 3.96. The number of rotatable bonds is 5. The molecule has 1 aliphatic heterocycles. The highest BCUT2D eigenvalue weighted by Crippen LogP contribution is 2.14. The molecule has 1 aliphatic rings. The van der Waals surface area contributed by atoms with Crippen LogP contribution in [-0.2, 0) is 6.61 Å². The maximum atomic E-state index is 5.86. The van der Waals surface area contributed by atoms with E-state index in [4.69, 9.17) is 4.74 Å². The SMILES string of the molecule is CN1CCN(N=Cc2cccc(OCc3ccccc3)c2)CC1. The summed E-state index contributed by atoms with van der Waals surface area (Å²) in [5.41, 5.74) is 2.23. The van der Waals surface area contributed by atoms with Crippen molar-refractivity contribution >= 4 is 6.21 Å². The van der Waals surface area contributed by atoms with Crippen molar-refractivity contribution in [3.05, 3.63) is 65.7 Å².